The zero-order valence-electron chi connectivity index (χ0n) is 14.9. The second kappa shape index (κ2) is 8.57. The lowest BCUT2D eigenvalue weighted by atomic mass is 10.2. The lowest BCUT2D eigenvalue weighted by molar-refractivity contribution is -0.255. The molecule has 0 bridgehead atoms. The van der Waals surface area contributed by atoms with Crippen molar-refractivity contribution in [2.24, 2.45) is 15.9 Å². The van der Waals surface area contributed by atoms with E-state index in [1.54, 1.807) is 18.2 Å². The summed E-state index contributed by atoms with van der Waals surface area (Å²) in [6, 6.07) is 11.8. The number of nitrogens with zero attached hydrogens (tertiary/aromatic N) is 3. The van der Waals surface area contributed by atoms with Crippen LogP contribution in [0.5, 0.6) is 5.75 Å². The Morgan fingerprint density at radius 3 is 2.55 bits per heavy atom. The van der Waals surface area contributed by atoms with Gasteiger partial charge in [0.2, 0.25) is 11.8 Å². The molecular formula is C19H15N4O5S-. The third-order valence-corrected chi connectivity index (χ3v) is 5.00. The zero-order chi connectivity index (χ0) is 21.0. The average molecular weight is 411 g/mol. The highest BCUT2D eigenvalue weighted by atomic mass is 32.2. The van der Waals surface area contributed by atoms with Gasteiger partial charge in [0.05, 0.1) is 17.9 Å². The number of amidine groups is 1. The minimum Gasteiger partial charge on any atom is -0.545 e. The molecule has 1 aliphatic rings. The van der Waals surface area contributed by atoms with Crippen molar-refractivity contribution in [1.82, 2.24) is 0 Å². The van der Waals surface area contributed by atoms with Crippen LogP contribution < -0.4 is 15.7 Å². The molecule has 0 aliphatic carbocycles. The highest BCUT2D eigenvalue weighted by Gasteiger charge is 2.40. The van der Waals surface area contributed by atoms with Crippen LogP contribution in [0, 0.1) is 0 Å². The number of thioether (sulfide) groups is 1. The molecule has 9 nitrogen and oxygen atoms in total. The van der Waals surface area contributed by atoms with E-state index in [4.69, 9.17) is 5.73 Å². The molecule has 0 saturated carbocycles. The third-order valence-electron chi connectivity index (χ3n) is 4.02. The van der Waals surface area contributed by atoms with Crippen molar-refractivity contribution in [3.8, 4) is 5.75 Å². The standard InChI is InChI=1S/C19H16N4O5S/c20-19(22-21-10-12-3-1-2-4-14(12)24)29-15-9-16(25)23(17(15)26)13-7-5-11(6-8-13)18(27)28/h1-8,10,15,24H,9H2,(H2,20,22)(H,27,28)/p-1/b21-10+/t15-/m0/s1. The number of anilines is 1. The molecule has 1 fully saturated rings. The maximum atomic E-state index is 12.6. The number of aromatic carboxylic acids is 1. The van der Waals surface area contributed by atoms with Gasteiger partial charge < -0.3 is 20.7 Å². The second-order valence-corrected chi connectivity index (χ2v) is 7.18. The first kappa shape index (κ1) is 20.1. The molecule has 0 aromatic heterocycles. The number of benzene rings is 2. The fourth-order valence-corrected chi connectivity index (χ4v) is 3.45. The van der Waals surface area contributed by atoms with E-state index in [1.807, 2.05) is 0 Å². The summed E-state index contributed by atoms with van der Waals surface area (Å²) in [7, 11) is 0. The summed E-state index contributed by atoms with van der Waals surface area (Å²) in [6.45, 7) is 0. The van der Waals surface area contributed by atoms with Crippen molar-refractivity contribution in [1.29, 1.82) is 0 Å². The smallest absolute Gasteiger partial charge is 0.247 e. The summed E-state index contributed by atoms with van der Waals surface area (Å²) in [5.41, 5.74) is 6.44. The molecule has 1 saturated heterocycles. The molecule has 1 aliphatic heterocycles. The highest BCUT2D eigenvalue weighted by molar-refractivity contribution is 8.14. The van der Waals surface area contributed by atoms with Crippen molar-refractivity contribution in [3.63, 3.8) is 0 Å². The van der Waals surface area contributed by atoms with E-state index in [-0.39, 0.29) is 28.6 Å². The summed E-state index contributed by atoms with van der Waals surface area (Å²) >= 11 is 0.900. The maximum Gasteiger partial charge on any atom is 0.247 e. The summed E-state index contributed by atoms with van der Waals surface area (Å²) in [6.07, 6.45) is 1.24. The van der Waals surface area contributed by atoms with E-state index in [1.165, 1.54) is 36.5 Å². The predicted molar refractivity (Wildman–Crippen MR) is 107 cm³/mol. The lowest BCUT2D eigenvalue weighted by Crippen LogP contribution is -2.32. The van der Waals surface area contributed by atoms with Crippen LogP contribution in [0.3, 0.4) is 0 Å². The number of carboxylic acid groups (broad SMARTS) is 1. The SMILES string of the molecule is NC(=N/N=C/c1ccccc1O)S[C@H]1CC(=O)N(c2ccc(C(=O)[O-])cc2)C1=O. The molecule has 2 aromatic rings. The summed E-state index contributed by atoms with van der Waals surface area (Å²) in [4.78, 5) is 36.6. The number of amides is 2. The Morgan fingerprint density at radius 2 is 1.90 bits per heavy atom. The largest absolute Gasteiger partial charge is 0.545 e. The second-order valence-electron chi connectivity index (χ2n) is 5.95. The number of carboxylic acids is 1. The van der Waals surface area contributed by atoms with Crippen LogP contribution in [0.4, 0.5) is 5.69 Å². The van der Waals surface area contributed by atoms with Gasteiger partial charge in [-0.05, 0) is 29.8 Å². The van der Waals surface area contributed by atoms with Crippen molar-refractivity contribution >= 4 is 46.6 Å². The van der Waals surface area contributed by atoms with Gasteiger partial charge >= 0.3 is 0 Å². The van der Waals surface area contributed by atoms with Crippen molar-refractivity contribution < 1.29 is 24.6 Å². The van der Waals surface area contributed by atoms with Gasteiger partial charge in [-0.3, -0.25) is 9.59 Å². The van der Waals surface area contributed by atoms with E-state index < -0.39 is 23.0 Å². The molecular weight excluding hydrogens is 396 g/mol. The van der Waals surface area contributed by atoms with Crippen molar-refractivity contribution in [3.05, 3.63) is 59.7 Å². The van der Waals surface area contributed by atoms with Crippen LogP contribution in [0.2, 0.25) is 0 Å². The Balaban J connectivity index is 1.67. The number of phenolic OH excluding ortho intramolecular Hbond substituents is 1. The van der Waals surface area contributed by atoms with E-state index in [9.17, 15) is 24.6 Å². The minimum absolute atomic E-state index is 0.0167. The average Bonchev–Trinajstić information content (AvgIpc) is 2.96. The number of aromatic hydroxyl groups is 1. The third kappa shape index (κ3) is 4.61. The Hall–Kier alpha value is -3.66. The Labute approximate surface area is 169 Å². The van der Waals surface area contributed by atoms with E-state index in [0.29, 0.717) is 5.56 Å². The van der Waals surface area contributed by atoms with Gasteiger partial charge in [-0.2, -0.15) is 5.10 Å². The molecule has 1 heterocycles. The van der Waals surface area contributed by atoms with Gasteiger partial charge in [-0.15, -0.1) is 5.10 Å². The van der Waals surface area contributed by atoms with Crippen LogP contribution in [0.25, 0.3) is 0 Å². The van der Waals surface area contributed by atoms with Crippen LogP contribution >= 0.6 is 11.8 Å². The molecule has 0 unspecified atom stereocenters. The number of carbonyl (C=O) groups is 3. The molecule has 3 rings (SSSR count). The van der Waals surface area contributed by atoms with E-state index in [2.05, 4.69) is 10.2 Å². The van der Waals surface area contributed by atoms with Crippen LogP contribution in [0.15, 0.2) is 58.7 Å². The first-order chi connectivity index (χ1) is 13.9. The molecule has 2 amide bonds. The normalized spacial score (nSPS) is 17.3. The molecule has 10 heteroatoms. The molecule has 3 N–H and O–H groups in total. The van der Waals surface area contributed by atoms with Gasteiger partial charge in [0, 0.05) is 12.0 Å². The fraction of sp³-hybridized carbons (Fsp3) is 0.105. The summed E-state index contributed by atoms with van der Waals surface area (Å²) < 4.78 is 0. The zero-order valence-corrected chi connectivity index (χ0v) is 15.7. The number of carbonyl (C=O) groups excluding carboxylic acids is 3. The first-order valence-corrected chi connectivity index (χ1v) is 9.24. The number of nitrogens with two attached hydrogens (primary N) is 1. The van der Waals surface area contributed by atoms with Crippen LogP contribution in [-0.4, -0.2) is 39.5 Å². The van der Waals surface area contributed by atoms with Crippen LogP contribution in [-0.2, 0) is 9.59 Å². The molecule has 1 atom stereocenters. The molecule has 2 aromatic carbocycles. The van der Waals surface area contributed by atoms with Crippen LogP contribution in [0.1, 0.15) is 22.3 Å². The fourth-order valence-electron chi connectivity index (χ4n) is 2.63. The minimum atomic E-state index is -1.35. The molecule has 0 radical (unpaired) electrons. The molecule has 29 heavy (non-hydrogen) atoms. The number of hydrogen-bond donors (Lipinski definition) is 2. The van der Waals surface area contributed by atoms with E-state index in [0.717, 1.165) is 16.7 Å². The van der Waals surface area contributed by atoms with Gasteiger partial charge in [0.25, 0.3) is 0 Å². The Kier molecular flexibility index (Phi) is 5.93. The number of para-hydroxylation sites is 1. The maximum absolute atomic E-state index is 12.6. The first-order valence-electron chi connectivity index (χ1n) is 8.36. The van der Waals surface area contributed by atoms with Gasteiger partial charge in [0.1, 0.15) is 11.0 Å². The Bertz CT molecular complexity index is 1020. The van der Waals surface area contributed by atoms with Gasteiger partial charge in [-0.25, -0.2) is 4.90 Å². The Morgan fingerprint density at radius 1 is 1.21 bits per heavy atom. The number of hydrogen-bond acceptors (Lipinski definition) is 8. The number of phenols is 1. The monoisotopic (exact) mass is 411 g/mol. The number of rotatable bonds is 5. The van der Waals surface area contributed by atoms with Gasteiger partial charge in [-0.1, -0.05) is 36.0 Å². The summed E-state index contributed by atoms with van der Waals surface area (Å²) in [5.74, 6) is -2.23. The highest BCUT2D eigenvalue weighted by Crippen LogP contribution is 2.29. The lowest BCUT2D eigenvalue weighted by Gasteiger charge is -2.15. The molecule has 148 valence electrons. The molecule has 0 spiro atoms. The van der Waals surface area contributed by atoms with Crippen molar-refractivity contribution in [2.75, 3.05) is 4.90 Å². The predicted octanol–water partition coefficient (Wildman–Crippen LogP) is 0.470. The quantitative estimate of drug-likeness (QED) is 0.314. The van der Waals surface area contributed by atoms with Gasteiger partial charge in [0.15, 0.2) is 5.17 Å². The number of imide groups is 1. The summed E-state index contributed by atoms with van der Waals surface area (Å²) in [5, 5.41) is 27.2. The topological polar surface area (TPSA) is 148 Å². The van der Waals surface area contributed by atoms with Crippen molar-refractivity contribution in [2.45, 2.75) is 11.7 Å². The van der Waals surface area contributed by atoms with E-state index >= 15 is 0 Å².